The van der Waals surface area contributed by atoms with Crippen LogP contribution in [0.25, 0.3) is 10.9 Å². The van der Waals surface area contributed by atoms with Gasteiger partial charge in [0, 0.05) is 5.39 Å². The van der Waals surface area contributed by atoms with Gasteiger partial charge in [-0.2, -0.15) is 5.10 Å². The van der Waals surface area contributed by atoms with Crippen LogP contribution < -0.4 is 5.32 Å². The van der Waals surface area contributed by atoms with Crippen LogP contribution in [0.2, 0.25) is 5.02 Å². The number of aromatic amines is 1. The maximum absolute atomic E-state index is 12.2. The summed E-state index contributed by atoms with van der Waals surface area (Å²) in [6, 6.07) is 12.5. The molecular weight excluding hydrogens is 262 g/mol. The molecule has 0 radical (unpaired) electrons. The van der Waals surface area contributed by atoms with Crippen molar-refractivity contribution in [2.24, 2.45) is 0 Å². The Bertz CT molecular complexity index is 751. The van der Waals surface area contributed by atoms with Crippen molar-refractivity contribution in [3.63, 3.8) is 0 Å². The Hall–Kier alpha value is -2.33. The summed E-state index contributed by atoms with van der Waals surface area (Å²) in [6.45, 7) is 0. The van der Waals surface area contributed by atoms with Crippen molar-refractivity contribution in [3.05, 3.63) is 59.2 Å². The molecule has 0 saturated heterocycles. The number of hydrogen-bond acceptors (Lipinski definition) is 2. The average Bonchev–Trinajstić information content (AvgIpc) is 2.88. The molecule has 19 heavy (non-hydrogen) atoms. The predicted molar refractivity (Wildman–Crippen MR) is 75.5 cm³/mol. The van der Waals surface area contributed by atoms with E-state index in [1.54, 1.807) is 30.5 Å². The van der Waals surface area contributed by atoms with E-state index in [1.165, 1.54) is 0 Å². The zero-order chi connectivity index (χ0) is 13.2. The number of anilines is 1. The number of hydrogen-bond donors (Lipinski definition) is 2. The number of aromatic nitrogens is 2. The largest absolute Gasteiger partial charge is 0.320 e. The first-order chi connectivity index (χ1) is 9.25. The number of nitrogens with zero attached hydrogens (tertiary/aromatic N) is 1. The molecule has 1 heterocycles. The van der Waals surface area contributed by atoms with Gasteiger partial charge in [-0.25, -0.2) is 0 Å². The molecule has 0 aliphatic rings. The number of carbonyl (C=O) groups excluding carboxylic acids is 1. The van der Waals surface area contributed by atoms with Gasteiger partial charge in [-0.1, -0.05) is 35.9 Å². The van der Waals surface area contributed by atoms with Crippen LogP contribution in [0.3, 0.4) is 0 Å². The van der Waals surface area contributed by atoms with E-state index in [4.69, 9.17) is 11.6 Å². The van der Waals surface area contributed by atoms with Gasteiger partial charge >= 0.3 is 0 Å². The summed E-state index contributed by atoms with van der Waals surface area (Å²) in [5.41, 5.74) is 1.92. The van der Waals surface area contributed by atoms with Crippen LogP contribution in [0.5, 0.6) is 0 Å². The average molecular weight is 272 g/mol. The number of para-hydroxylation sites is 1. The number of amides is 1. The topological polar surface area (TPSA) is 57.8 Å². The minimum absolute atomic E-state index is 0.243. The molecule has 94 valence electrons. The van der Waals surface area contributed by atoms with E-state index in [-0.39, 0.29) is 5.91 Å². The highest BCUT2D eigenvalue weighted by Crippen LogP contribution is 2.22. The second-order valence-electron chi connectivity index (χ2n) is 4.07. The quantitative estimate of drug-likeness (QED) is 0.750. The number of H-pyrrole nitrogens is 1. The number of carbonyl (C=O) groups is 1. The Morgan fingerprint density at radius 3 is 2.84 bits per heavy atom. The minimum Gasteiger partial charge on any atom is -0.320 e. The summed E-state index contributed by atoms with van der Waals surface area (Å²) in [5.74, 6) is -0.243. The molecule has 0 saturated carbocycles. The van der Waals surface area contributed by atoms with Crippen molar-refractivity contribution in [3.8, 4) is 0 Å². The van der Waals surface area contributed by atoms with Crippen molar-refractivity contribution < 1.29 is 4.79 Å². The molecule has 0 bridgehead atoms. The second kappa shape index (κ2) is 4.74. The summed E-state index contributed by atoms with van der Waals surface area (Å²) >= 11 is 6.00. The Kier molecular flexibility index (Phi) is 2.93. The fourth-order valence-corrected chi connectivity index (χ4v) is 2.13. The fourth-order valence-electron chi connectivity index (χ4n) is 1.91. The molecule has 0 spiro atoms. The van der Waals surface area contributed by atoms with Crippen LogP contribution >= 0.6 is 11.6 Å². The number of fused-ring (bicyclic) bond motifs is 1. The van der Waals surface area contributed by atoms with E-state index >= 15 is 0 Å². The zero-order valence-corrected chi connectivity index (χ0v) is 10.6. The first kappa shape index (κ1) is 11.7. The van der Waals surface area contributed by atoms with Gasteiger partial charge in [-0.15, -0.1) is 0 Å². The SMILES string of the molecule is O=C(Nc1cccc2cn[nH]c12)c1ccccc1Cl. The molecule has 0 aliphatic heterocycles. The highest BCUT2D eigenvalue weighted by atomic mass is 35.5. The number of nitrogens with one attached hydrogen (secondary N) is 2. The summed E-state index contributed by atoms with van der Waals surface area (Å²) in [6.07, 6.45) is 1.71. The van der Waals surface area contributed by atoms with Crippen molar-refractivity contribution >= 4 is 34.1 Å². The smallest absolute Gasteiger partial charge is 0.257 e. The second-order valence-corrected chi connectivity index (χ2v) is 4.48. The highest BCUT2D eigenvalue weighted by molar-refractivity contribution is 6.34. The van der Waals surface area contributed by atoms with Crippen molar-refractivity contribution in [1.29, 1.82) is 0 Å². The Morgan fingerprint density at radius 2 is 2.00 bits per heavy atom. The third-order valence-corrected chi connectivity index (χ3v) is 3.17. The lowest BCUT2D eigenvalue weighted by molar-refractivity contribution is 0.102. The Labute approximate surface area is 114 Å². The summed E-state index contributed by atoms with van der Waals surface area (Å²) < 4.78 is 0. The molecule has 2 N–H and O–H groups in total. The monoisotopic (exact) mass is 271 g/mol. The summed E-state index contributed by atoms with van der Waals surface area (Å²) in [4.78, 5) is 12.2. The number of halogens is 1. The summed E-state index contributed by atoms with van der Waals surface area (Å²) in [5, 5.41) is 11.0. The lowest BCUT2D eigenvalue weighted by atomic mass is 10.2. The lowest BCUT2D eigenvalue weighted by Crippen LogP contribution is -2.12. The van der Waals surface area contributed by atoms with Gasteiger partial charge in [0.25, 0.3) is 5.91 Å². The molecule has 3 rings (SSSR count). The molecule has 5 heteroatoms. The van der Waals surface area contributed by atoms with E-state index in [0.717, 1.165) is 10.9 Å². The molecule has 2 aromatic carbocycles. The van der Waals surface area contributed by atoms with Crippen LogP contribution in [-0.4, -0.2) is 16.1 Å². The van der Waals surface area contributed by atoms with Gasteiger partial charge in [0.2, 0.25) is 0 Å². The van der Waals surface area contributed by atoms with Gasteiger partial charge in [-0.3, -0.25) is 9.89 Å². The lowest BCUT2D eigenvalue weighted by Gasteiger charge is -2.07. The van der Waals surface area contributed by atoms with E-state index in [2.05, 4.69) is 15.5 Å². The van der Waals surface area contributed by atoms with Crippen LogP contribution in [0, 0.1) is 0 Å². The fraction of sp³-hybridized carbons (Fsp3) is 0. The van der Waals surface area contributed by atoms with Crippen LogP contribution in [0.4, 0.5) is 5.69 Å². The molecule has 0 fully saturated rings. The van der Waals surface area contributed by atoms with Crippen molar-refractivity contribution in [2.75, 3.05) is 5.32 Å². The maximum atomic E-state index is 12.2. The standard InChI is InChI=1S/C14H10ClN3O/c15-11-6-2-1-5-10(11)14(19)17-12-7-3-4-9-8-16-18-13(9)12/h1-8H,(H,16,18)(H,17,19). The third-order valence-electron chi connectivity index (χ3n) is 2.84. The van der Waals surface area contributed by atoms with Gasteiger partial charge in [0.1, 0.15) is 0 Å². The van der Waals surface area contributed by atoms with Gasteiger partial charge in [0.15, 0.2) is 0 Å². The molecule has 3 aromatic rings. The Morgan fingerprint density at radius 1 is 1.16 bits per heavy atom. The van der Waals surface area contributed by atoms with E-state index < -0.39 is 0 Å². The van der Waals surface area contributed by atoms with Gasteiger partial charge < -0.3 is 5.32 Å². The number of rotatable bonds is 2. The van der Waals surface area contributed by atoms with Gasteiger partial charge in [-0.05, 0) is 18.2 Å². The molecule has 1 aromatic heterocycles. The number of benzene rings is 2. The van der Waals surface area contributed by atoms with E-state index in [1.807, 2.05) is 18.2 Å². The molecule has 0 atom stereocenters. The third kappa shape index (κ3) is 2.18. The first-order valence-corrected chi connectivity index (χ1v) is 6.11. The molecule has 0 unspecified atom stereocenters. The van der Waals surface area contributed by atoms with Gasteiger partial charge in [0.05, 0.1) is 28.0 Å². The Balaban J connectivity index is 1.95. The zero-order valence-electron chi connectivity index (χ0n) is 9.85. The van der Waals surface area contributed by atoms with Crippen LogP contribution in [0.1, 0.15) is 10.4 Å². The minimum atomic E-state index is -0.243. The first-order valence-electron chi connectivity index (χ1n) is 5.73. The maximum Gasteiger partial charge on any atom is 0.257 e. The van der Waals surface area contributed by atoms with E-state index in [9.17, 15) is 4.79 Å². The van der Waals surface area contributed by atoms with Crippen molar-refractivity contribution in [2.45, 2.75) is 0 Å². The predicted octanol–water partition coefficient (Wildman–Crippen LogP) is 3.47. The van der Waals surface area contributed by atoms with E-state index in [0.29, 0.717) is 16.3 Å². The molecule has 4 nitrogen and oxygen atoms in total. The molecule has 1 amide bonds. The van der Waals surface area contributed by atoms with Crippen LogP contribution in [-0.2, 0) is 0 Å². The summed E-state index contributed by atoms with van der Waals surface area (Å²) in [7, 11) is 0. The van der Waals surface area contributed by atoms with Crippen LogP contribution in [0.15, 0.2) is 48.7 Å². The normalized spacial score (nSPS) is 10.6. The van der Waals surface area contributed by atoms with Crippen molar-refractivity contribution in [1.82, 2.24) is 10.2 Å². The highest BCUT2D eigenvalue weighted by Gasteiger charge is 2.11. The molecule has 0 aliphatic carbocycles. The molecular formula is C14H10ClN3O.